The molecule has 0 spiro atoms. The third-order valence-electron chi connectivity index (χ3n) is 10.9. The van der Waals surface area contributed by atoms with Crippen LogP contribution in [-0.4, -0.2) is 15.0 Å². The van der Waals surface area contributed by atoms with Crippen LogP contribution in [-0.2, 0) is 0 Å². The van der Waals surface area contributed by atoms with Gasteiger partial charge in [0.15, 0.2) is 5.82 Å². The fraction of sp³-hybridized carbons (Fsp3) is 0. The van der Waals surface area contributed by atoms with Crippen LogP contribution < -0.4 is 0 Å². The minimum absolute atomic E-state index is 0.679. The quantitative estimate of drug-likeness (QED) is 0.159. The van der Waals surface area contributed by atoms with Crippen molar-refractivity contribution in [2.75, 3.05) is 0 Å². The molecule has 0 fully saturated rings. The minimum Gasteiger partial charge on any atom is -0.246 e. The van der Waals surface area contributed by atoms with Crippen LogP contribution in [0.15, 0.2) is 200 Å². The number of nitrogens with zero attached hydrogens (tertiary/aromatic N) is 3. The predicted octanol–water partition coefficient (Wildman–Crippen LogP) is 14.5. The summed E-state index contributed by atoms with van der Waals surface area (Å²) in [5.74, 6) is 0.679. The zero-order valence-corrected chi connectivity index (χ0v) is 31.6. The smallest absolute Gasteiger partial charge is 0.160 e. The zero-order chi connectivity index (χ0) is 37.7. The number of thiophene rings is 1. The van der Waals surface area contributed by atoms with Gasteiger partial charge < -0.3 is 0 Å². The van der Waals surface area contributed by atoms with Gasteiger partial charge in [0.1, 0.15) is 0 Å². The van der Waals surface area contributed by atoms with Gasteiger partial charge in [0.05, 0.1) is 27.3 Å². The maximum Gasteiger partial charge on any atom is 0.160 e. The van der Waals surface area contributed by atoms with Gasteiger partial charge >= 0.3 is 0 Å². The van der Waals surface area contributed by atoms with Crippen molar-refractivity contribution in [1.29, 1.82) is 0 Å². The topological polar surface area (TPSA) is 38.7 Å². The van der Waals surface area contributed by atoms with Crippen LogP contribution >= 0.6 is 11.3 Å². The predicted molar refractivity (Wildman–Crippen MR) is 240 cm³/mol. The van der Waals surface area contributed by atoms with Crippen molar-refractivity contribution >= 4 is 53.2 Å². The van der Waals surface area contributed by atoms with Crippen molar-refractivity contribution in [3.63, 3.8) is 0 Å². The highest BCUT2D eigenvalue weighted by atomic mass is 32.1. The number of hydrogen-bond acceptors (Lipinski definition) is 4. The Hall–Kier alpha value is -7.27. The van der Waals surface area contributed by atoms with Gasteiger partial charge in [0.2, 0.25) is 0 Å². The Morgan fingerprint density at radius 1 is 0.333 bits per heavy atom. The number of aromatic nitrogens is 3. The van der Waals surface area contributed by atoms with E-state index in [4.69, 9.17) is 15.0 Å². The standard InChI is InChI=1S/C53H33N3S/c1-3-11-34(12-4-1)36-19-23-39(24-20-36)46-33-47(40-25-21-37(22-26-40)35-13-5-2-6-14-35)56-53(55-46)42-29-27-41(28-30-42)51-52-50(44-17-9-10-18-48(44)57-52)49-43-16-8-7-15-38(43)31-32-45(49)54-51/h1-33H. The van der Waals surface area contributed by atoms with E-state index in [0.717, 1.165) is 44.9 Å². The second-order valence-corrected chi connectivity index (χ2v) is 15.4. The van der Waals surface area contributed by atoms with Crippen LogP contribution in [0.5, 0.6) is 0 Å². The van der Waals surface area contributed by atoms with Gasteiger partial charge in [-0.2, -0.15) is 0 Å². The lowest BCUT2D eigenvalue weighted by molar-refractivity contribution is 1.18. The summed E-state index contributed by atoms with van der Waals surface area (Å²) in [7, 11) is 0. The number of benzene rings is 8. The van der Waals surface area contributed by atoms with Crippen molar-refractivity contribution in [1.82, 2.24) is 15.0 Å². The third-order valence-corrected chi connectivity index (χ3v) is 12.1. The number of fused-ring (bicyclic) bond motifs is 7. The van der Waals surface area contributed by atoms with Gasteiger partial charge in [0.25, 0.3) is 0 Å². The van der Waals surface area contributed by atoms with Crippen LogP contribution in [0.2, 0.25) is 0 Å². The Morgan fingerprint density at radius 2 is 0.825 bits per heavy atom. The Kier molecular flexibility index (Phi) is 8.01. The number of rotatable bonds is 6. The molecular weight excluding hydrogens is 711 g/mol. The molecule has 0 aliphatic carbocycles. The van der Waals surface area contributed by atoms with E-state index in [2.05, 4.69) is 188 Å². The van der Waals surface area contributed by atoms with E-state index in [-0.39, 0.29) is 0 Å². The maximum absolute atomic E-state index is 5.37. The molecule has 0 saturated carbocycles. The summed E-state index contributed by atoms with van der Waals surface area (Å²) in [5, 5.41) is 6.21. The molecule has 0 radical (unpaired) electrons. The Morgan fingerprint density at radius 3 is 1.46 bits per heavy atom. The molecule has 0 saturated heterocycles. The Labute approximate surface area is 334 Å². The van der Waals surface area contributed by atoms with E-state index >= 15 is 0 Å². The highest BCUT2D eigenvalue weighted by molar-refractivity contribution is 7.26. The average molecular weight is 744 g/mol. The van der Waals surface area contributed by atoms with Crippen LogP contribution in [0.4, 0.5) is 0 Å². The molecule has 0 aliphatic rings. The molecule has 0 bridgehead atoms. The molecule has 57 heavy (non-hydrogen) atoms. The Bertz CT molecular complexity index is 3140. The summed E-state index contributed by atoms with van der Waals surface area (Å²) in [6, 6.07) is 70.7. The monoisotopic (exact) mass is 743 g/mol. The fourth-order valence-corrected chi connectivity index (χ4v) is 9.24. The average Bonchev–Trinajstić information content (AvgIpc) is 3.69. The molecule has 4 heteroatoms. The van der Waals surface area contributed by atoms with Gasteiger partial charge in [-0.3, -0.25) is 0 Å². The molecule has 0 amide bonds. The third kappa shape index (κ3) is 5.95. The van der Waals surface area contributed by atoms with Gasteiger partial charge in [-0.05, 0) is 51.2 Å². The van der Waals surface area contributed by atoms with Crippen LogP contribution in [0.1, 0.15) is 0 Å². The molecule has 11 aromatic rings. The molecule has 3 heterocycles. The first-order chi connectivity index (χ1) is 28.2. The van der Waals surface area contributed by atoms with E-state index in [1.165, 1.54) is 58.6 Å². The molecule has 3 nitrogen and oxygen atoms in total. The van der Waals surface area contributed by atoms with E-state index in [9.17, 15) is 0 Å². The minimum atomic E-state index is 0.679. The zero-order valence-electron chi connectivity index (χ0n) is 30.8. The molecule has 266 valence electrons. The molecule has 0 N–H and O–H groups in total. The van der Waals surface area contributed by atoms with Gasteiger partial charge in [0, 0.05) is 43.1 Å². The van der Waals surface area contributed by atoms with Crippen LogP contribution in [0, 0.1) is 0 Å². The molecule has 8 aromatic carbocycles. The second kappa shape index (κ2) is 13.8. The van der Waals surface area contributed by atoms with E-state index in [1.807, 2.05) is 23.5 Å². The summed E-state index contributed by atoms with van der Waals surface area (Å²) in [6.07, 6.45) is 0. The highest BCUT2D eigenvalue weighted by Crippen LogP contribution is 2.45. The summed E-state index contributed by atoms with van der Waals surface area (Å²) < 4.78 is 2.46. The molecule has 0 unspecified atom stereocenters. The lowest BCUT2D eigenvalue weighted by Gasteiger charge is -2.12. The first-order valence-corrected chi connectivity index (χ1v) is 20.0. The highest BCUT2D eigenvalue weighted by Gasteiger charge is 2.18. The lowest BCUT2D eigenvalue weighted by atomic mass is 9.98. The number of pyridine rings is 1. The normalized spacial score (nSPS) is 11.5. The fourth-order valence-electron chi connectivity index (χ4n) is 8.02. The summed E-state index contributed by atoms with van der Waals surface area (Å²) in [6.45, 7) is 0. The van der Waals surface area contributed by atoms with E-state index in [1.54, 1.807) is 0 Å². The van der Waals surface area contributed by atoms with Gasteiger partial charge in [-0.25, -0.2) is 15.0 Å². The number of hydrogen-bond donors (Lipinski definition) is 0. The first-order valence-electron chi connectivity index (χ1n) is 19.2. The SMILES string of the molecule is c1ccc(-c2ccc(-c3cc(-c4ccc(-c5ccccc5)cc4)nc(-c4ccc(-c5nc6ccc7ccccc7c6c6c5sc5ccccc56)cc4)n3)cc2)cc1. The lowest BCUT2D eigenvalue weighted by Crippen LogP contribution is -1.96. The van der Waals surface area contributed by atoms with Crippen molar-refractivity contribution in [3.8, 4) is 67.4 Å². The van der Waals surface area contributed by atoms with Crippen molar-refractivity contribution in [3.05, 3.63) is 200 Å². The molecule has 11 rings (SSSR count). The van der Waals surface area contributed by atoms with Crippen LogP contribution in [0.3, 0.4) is 0 Å². The van der Waals surface area contributed by atoms with Crippen molar-refractivity contribution in [2.24, 2.45) is 0 Å². The van der Waals surface area contributed by atoms with Crippen molar-refractivity contribution < 1.29 is 0 Å². The van der Waals surface area contributed by atoms with E-state index in [0.29, 0.717) is 5.82 Å². The summed E-state index contributed by atoms with van der Waals surface area (Å²) in [4.78, 5) is 15.8. The second-order valence-electron chi connectivity index (χ2n) is 14.4. The Balaban J connectivity index is 1.03. The maximum atomic E-state index is 5.37. The van der Waals surface area contributed by atoms with Crippen LogP contribution in [0.25, 0.3) is 109 Å². The van der Waals surface area contributed by atoms with Gasteiger partial charge in [-0.15, -0.1) is 11.3 Å². The van der Waals surface area contributed by atoms with Crippen molar-refractivity contribution in [2.45, 2.75) is 0 Å². The molecule has 0 atom stereocenters. The van der Waals surface area contributed by atoms with Gasteiger partial charge in [-0.1, -0.05) is 182 Å². The largest absolute Gasteiger partial charge is 0.246 e. The summed E-state index contributed by atoms with van der Waals surface area (Å²) >= 11 is 1.82. The summed E-state index contributed by atoms with van der Waals surface area (Å²) in [5.41, 5.74) is 12.6. The molecule has 0 aliphatic heterocycles. The first kappa shape index (κ1) is 33.1. The molecular formula is C53H33N3S. The molecule has 3 aromatic heterocycles. The van der Waals surface area contributed by atoms with E-state index < -0.39 is 0 Å².